The van der Waals surface area contributed by atoms with E-state index in [1.54, 1.807) is 12.1 Å². The number of nitrogens with zero attached hydrogens (tertiary/aromatic N) is 2. The summed E-state index contributed by atoms with van der Waals surface area (Å²) in [6.45, 7) is 2.51. The van der Waals surface area contributed by atoms with Gasteiger partial charge in [-0.15, -0.1) is 0 Å². The highest BCUT2D eigenvalue weighted by Crippen LogP contribution is 2.23. The number of nitrogens with one attached hydrogen (secondary N) is 1. The van der Waals surface area contributed by atoms with Crippen LogP contribution in [-0.2, 0) is 0 Å². The van der Waals surface area contributed by atoms with Crippen LogP contribution in [0.5, 0.6) is 0 Å². The molecule has 0 aliphatic carbocycles. The zero-order valence-electron chi connectivity index (χ0n) is 10.2. The van der Waals surface area contributed by atoms with E-state index in [0.29, 0.717) is 12.2 Å². The third kappa shape index (κ3) is 3.43. The molecule has 18 heavy (non-hydrogen) atoms. The van der Waals surface area contributed by atoms with E-state index in [2.05, 4.69) is 5.32 Å². The summed E-state index contributed by atoms with van der Waals surface area (Å²) in [6, 6.07) is 6.36. The lowest BCUT2D eigenvalue weighted by Gasteiger charge is -2.17. The van der Waals surface area contributed by atoms with Crippen LogP contribution in [0.1, 0.15) is 25.3 Å². The van der Waals surface area contributed by atoms with Crippen molar-refractivity contribution in [3.05, 3.63) is 33.9 Å². The Morgan fingerprint density at radius 1 is 1.61 bits per heavy atom. The van der Waals surface area contributed by atoms with Crippen molar-refractivity contribution in [1.82, 2.24) is 0 Å². The Morgan fingerprint density at radius 3 is 2.83 bits per heavy atom. The van der Waals surface area contributed by atoms with E-state index in [-0.39, 0.29) is 17.3 Å². The Morgan fingerprint density at radius 2 is 2.33 bits per heavy atom. The molecule has 96 valence electrons. The van der Waals surface area contributed by atoms with E-state index in [1.807, 2.05) is 6.92 Å². The Hall–Kier alpha value is -2.13. The minimum atomic E-state index is -0.555. The van der Waals surface area contributed by atoms with Gasteiger partial charge in [0.15, 0.2) is 0 Å². The predicted molar refractivity (Wildman–Crippen MR) is 69.2 cm³/mol. The van der Waals surface area contributed by atoms with E-state index >= 15 is 0 Å². The van der Waals surface area contributed by atoms with Gasteiger partial charge in [0, 0.05) is 24.3 Å². The van der Waals surface area contributed by atoms with Gasteiger partial charge in [0.25, 0.3) is 5.69 Å². The molecule has 0 aromatic heterocycles. The van der Waals surface area contributed by atoms with Crippen molar-refractivity contribution >= 4 is 11.4 Å². The Bertz CT molecular complexity index is 468. The maximum Gasteiger partial charge on any atom is 0.289 e. The molecule has 0 amide bonds. The lowest BCUT2D eigenvalue weighted by atomic mass is 10.1. The molecule has 0 saturated carbocycles. The lowest BCUT2D eigenvalue weighted by molar-refractivity contribution is -0.385. The van der Waals surface area contributed by atoms with E-state index in [4.69, 9.17) is 11.0 Å². The molecule has 6 heteroatoms. The molecule has 0 radical (unpaired) electrons. The number of rotatable bonds is 6. The van der Waals surface area contributed by atoms with Crippen molar-refractivity contribution in [2.45, 2.75) is 25.8 Å². The molecule has 1 unspecified atom stereocenters. The van der Waals surface area contributed by atoms with Crippen LogP contribution < -0.4 is 11.1 Å². The van der Waals surface area contributed by atoms with Gasteiger partial charge >= 0.3 is 0 Å². The van der Waals surface area contributed by atoms with Crippen LogP contribution in [-0.4, -0.2) is 17.5 Å². The summed E-state index contributed by atoms with van der Waals surface area (Å²) in [5, 5.41) is 22.7. The van der Waals surface area contributed by atoms with Crippen molar-refractivity contribution in [3.63, 3.8) is 0 Å². The van der Waals surface area contributed by atoms with Crippen molar-refractivity contribution < 1.29 is 4.92 Å². The lowest BCUT2D eigenvalue weighted by Crippen LogP contribution is -2.28. The summed E-state index contributed by atoms with van der Waals surface area (Å²) in [5.74, 6) is 0. The van der Waals surface area contributed by atoms with E-state index in [0.717, 1.165) is 12.8 Å². The average molecular weight is 248 g/mol. The molecule has 3 N–H and O–H groups in total. The maximum atomic E-state index is 10.8. The minimum Gasteiger partial charge on any atom is -0.381 e. The summed E-state index contributed by atoms with van der Waals surface area (Å²) < 4.78 is 0. The topological polar surface area (TPSA) is 105 Å². The van der Waals surface area contributed by atoms with Crippen molar-refractivity contribution in [1.29, 1.82) is 5.26 Å². The summed E-state index contributed by atoms with van der Waals surface area (Å²) in [6.07, 6.45) is 1.87. The molecule has 1 aromatic carbocycles. The third-order valence-electron chi connectivity index (χ3n) is 2.61. The van der Waals surface area contributed by atoms with Gasteiger partial charge in [0.05, 0.1) is 4.92 Å². The van der Waals surface area contributed by atoms with Gasteiger partial charge in [-0.05, 0) is 18.6 Å². The van der Waals surface area contributed by atoms with E-state index < -0.39 is 4.92 Å². The number of nitro groups is 1. The van der Waals surface area contributed by atoms with Gasteiger partial charge < -0.3 is 11.1 Å². The normalized spacial score (nSPS) is 11.6. The fourth-order valence-corrected chi connectivity index (χ4v) is 1.70. The first-order chi connectivity index (χ1) is 8.62. The number of nitro benzene ring substituents is 1. The summed E-state index contributed by atoms with van der Waals surface area (Å²) in [5.41, 5.74) is 6.10. The van der Waals surface area contributed by atoms with E-state index in [9.17, 15) is 10.1 Å². The first-order valence-corrected chi connectivity index (χ1v) is 5.77. The second kappa shape index (κ2) is 6.57. The summed E-state index contributed by atoms with van der Waals surface area (Å²) >= 11 is 0. The molecule has 0 fully saturated rings. The molecule has 6 nitrogen and oxygen atoms in total. The average Bonchev–Trinajstić information content (AvgIpc) is 2.38. The van der Waals surface area contributed by atoms with Gasteiger partial charge in [-0.2, -0.15) is 5.26 Å². The fraction of sp³-hybridized carbons (Fsp3) is 0.417. The molecule has 0 heterocycles. The fourth-order valence-electron chi connectivity index (χ4n) is 1.70. The standard InChI is InChI=1S/C12H16N4O2/c1-2-3-11(8-14)15-10-5-4-9(7-13)12(6-10)16(17)18/h4-6,11,15H,2-3,8,14H2,1H3. The second-order valence-electron chi connectivity index (χ2n) is 3.97. The Balaban J connectivity index is 2.95. The minimum absolute atomic E-state index is 0.0605. The molecule has 1 aromatic rings. The number of nitriles is 1. The number of anilines is 1. The Kier molecular flexibility index (Phi) is 5.08. The van der Waals surface area contributed by atoms with Crippen LogP contribution in [0.2, 0.25) is 0 Å². The molecule has 1 atom stereocenters. The largest absolute Gasteiger partial charge is 0.381 e. The highest BCUT2D eigenvalue weighted by Gasteiger charge is 2.15. The number of benzene rings is 1. The number of nitrogens with two attached hydrogens (primary N) is 1. The quantitative estimate of drug-likeness (QED) is 0.591. The zero-order chi connectivity index (χ0) is 13.5. The molecule has 0 saturated heterocycles. The van der Waals surface area contributed by atoms with Crippen LogP contribution >= 0.6 is 0 Å². The maximum absolute atomic E-state index is 10.8. The molecular formula is C12H16N4O2. The molecular weight excluding hydrogens is 232 g/mol. The van der Waals surface area contributed by atoms with Gasteiger partial charge in [-0.25, -0.2) is 0 Å². The smallest absolute Gasteiger partial charge is 0.289 e. The van der Waals surface area contributed by atoms with Crippen molar-refractivity contribution in [2.75, 3.05) is 11.9 Å². The number of hydrogen-bond acceptors (Lipinski definition) is 5. The third-order valence-corrected chi connectivity index (χ3v) is 2.61. The summed E-state index contributed by atoms with van der Waals surface area (Å²) in [4.78, 5) is 10.3. The van der Waals surface area contributed by atoms with Gasteiger partial charge in [0.1, 0.15) is 11.6 Å². The van der Waals surface area contributed by atoms with Crippen LogP contribution in [0.25, 0.3) is 0 Å². The monoisotopic (exact) mass is 248 g/mol. The summed E-state index contributed by atoms with van der Waals surface area (Å²) in [7, 11) is 0. The zero-order valence-corrected chi connectivity index (χ0v) is 10.2. The van der Waals surface area contributed by atoms with Crippen LogP contribution in [0.15, 0.2) is 18.2 Å². The first-order valence-electron chi connectivity index (χ1n) is 5.77. The highest BCUT2D eigenvalue weighted by molar-refractivity contribution is 5.59. The Labute approximate surface area is 106 Å². The van der Waals surface area contributed by atoms with Gasteiger partial charge in [0.2, 0.25) is 0 Å². The highest BCUT2D eigenvalue weighted by atomic mass is 16.6. The molecule has 0 aliphatic heterocycles. The van der Waals surface area contributed by atoms with Gasteiger partial charge in [-0.1, -0.05) is 13.3 Å². The molecule has 0 spiro atoms. The molecule has 1 rings (SSSR count). The SMILES string of the molecule is CCCC(CN)Nc1ccc(C#N)c([N+](=O)[O-])c1. The second-order valence-corrected chi connectivity index (χ2v) is 3.97. The first kappa shape index (κ1) is 13.9. The molecule has 0 aliphatic rings. The van der Waals surface area contributed by atoms with Crippen LogP contribution in [0, 0.1) is 21.4 Å². The molecule has 0 bridgehead atoms. The predicted octanol–water partition coefficient (Wildman–Crippen LogP) is 2.01. The van der Waals surface area contributed by atoms with Crippen LogP contribution in [0.4, 0.5) is 11.4 Å². The number of hydrogen-bond donors (Lipinski definition) is 2. The van der Waals surface area contributed by atoms with Crippen molar-refractivity contribution in [2.24, 2.45) is 5.73 Å². The van der Waals surface area contributed by atoms with Crippen LogP contribution in [0.3, 0.4) is 0 Å². The van der Waals surface area contributed by atoms with Gasteiger partial charge in [-0.3, -0.25) is 10.1 Å². The van der Waals surface area contributed by atoms with Crippen molar-refractivity contribution in [3.8, 4) is 6.07 Å². The van der Waals surface area contributed by atoms with E-state index in [1.165, 1.54) is 12.1 Å².